The first-order valence-electron chi connectivity index (χ1n) is 7.50. The highest BCUT2D eigenvalue weighted by molar-refractivity contribution is 5.08. The molecule has 4 heteroatoms. The van der Waals surface area contributed by atoms with Crippen LogP contribution in [-0.2, 0) is 6.54 Å². The minimum absolute atomic E-state index is 0.425. The van der Waals surface area contributed by atoms with Gasteiger partial charge in [-0.15, -0.1) is 0 Å². The first kappa shape index (κ1) is 14.5. The second kappa shape index (κ2) is 6.53. The van der Waals surface area contributed by atoms with E-state index in [1.54, 1.807) is 0 Å². The third-order valence-electron chi connectivity index (χ3n) is 4.48. The molecule has 0 aromatic carbocycles. The molecular weight excluding hydrogens is 236 g/mol. The summed E-state index contributed by atoms with van der Waals surface area (Å²) in [6, 6.07) is 0. The molecule has 1 aromatic rings. The van der Waals surface area contributed by atoms with Crippen molar-refractivity contribution in [3.63, 3.8) is 0 Å². The molecule has 1 fully saturated rings. The number of hydrogen-bond donors (Lipinski definition) is 1. The Morgan fingerprint density at radius 3 is 2.63 bits per heavy atom. The van der Waals surface area contributed by atoms with E-state index in [-0.39, 0.29) is 0 Å². The van der Waals surface area contributed by atoms with Gasteiger partial charge < -0.3 is 15.2 Å². The lowest BCUT2D eigenvalue weighted by molar-refractivity contribution is 0.203. The number of likely N-dealkylation sites (tertiary alicyclic amines) is 1. The van der Waals surface area contributed by atoms with E-state index in [0.29, 0.717) is 18.4 Å². The van der Waals surface area contributed by atoms with Crippen molar-refractivity contribution in [1.82, 2.24) is 14.5 Å². The molecule has 108 valence electrons. The van der Waals surface area contributed by atoms with Gasteiger partial charge in [0.15, 0.2) is 0 Å². The number of imidazole rings is 1. The molecule has 2 N–H and O–H groups in total. The molecule has 2 rings (SSSR count). The van der Waals surface area contributed by atoms with E-state index in [1.807, 2.05) is 12.5 Å². The topological polar surface area (TPSA) is 47.1 Å². The fourth-order valence-electron chi connectivity index (χ4n) is 3.05. The molecule has 0 radical (unpaired) electrons. The summed E-state index contributed by atoms with van der Waals surface area (Å²) in [6.45, 7) is 8.73. The van der Waals surface area contributed by atoms with Gasteiger partial charge in [0.05, 0.1) is 6.33 Å². The number of nitrogens with two attached hydrogens (primary N) is 1. The van der Waals surface area contributed by atoms with Crippen LogP contribution in [0.2, 0.25) is 0 Å². The Morgan fingerprint density at radius 2 is 2.05 bits per heavy atom. The molecule has 2 heterocycles. The van der Waals surface area contributed by atoms with Crippen LogP contribution in [0.4, 0.5) is 0 Å². The Morgan fingerprint density at radius 1 is 1.37 bits per heavy atom. The molecule has 1 saturated heterocycles. The maximum atomic E-state index is 5.94. The second-order valence-corrected chi connectivity index (χ2v) is 6.30. The molecule has 1 unspecified atom stereocenters. The summed E-state index contributed by atoms with van der Waals surface area (Å²) in [7, 11) is 2.21. The van der Waals surface area contributed by atoms with E-state index in [0.717, 1.165) is 12.5 Å². The predicted octanol–water partition coefficient (Wildman–Crippen LogP) is 1.92. The maximum Gasteiger partial charge on any atom is 0.0948 e. The number of nitrogens with zero attached hydrogens (tertiary/aromatic N) is 3. The SMILES string of the molecule is CC(C)C(CN)c1cncn1CC1CCN(C)CC1. The van der Waals surface area contributed by atoms with Gasteiger partial charge in [0.1, 0.15) is 0 Å². The summed E-state index contributed by atoms with van der Waals surface area (Å²) in [5.41, 5.74) is 7.25. The highest BCUT2D eigenvalue weighted by atomic mass is 15.1. The standard InChI is InChI=1S/C15H28N4/c1-12(2)14(8-16)15-9-17-11-19(15)10-13-4-6-18(3)7-5-13/h9,11-14H,4-8,10,16H2,1-3H3. The highest BCUT2D eigenvalue weighted by Gasteiger charge is 2.21. The fourth-order valence-corrected chi connectivity index (χ4v) is 3.05. The van der Waals surface area contributed by atoms with Crippen LogP contribution in [0.3, 0.4) is 0 Å². The van der Waals surface area contributed by atoms with Gasteiger partial charge in [0, 0.05) is 30.9 Å². The molecule has 0 saturated carbocycles. The highest BCUT2D eigenvalue weighted by Crippen LogP contribution is 2.25. The summed E-state index contributed by atoms with van der Waals surface area (Å²) in [6.07, 6.45) is 6.58. The molecule has 1 aliphatic heterocycles. The van der Waals surface area contributed by atoms with Gasteiger partial charge in [-0.3, -0.25) is 0 Å². The van der Waals surface area contributed by atoms with Gasteiger partial charge >= 0.3 is 0 Å². The zero-order valence-electron chi connectivity index (χ0n) is 12.5. The van der Waals surface area contributed by atoms with Crippen LogP contribution in [0.1, 0.15) is 38.3 Å². The van der Waals surface area contributed by atoms with Crippen molar-refractivity contribution in [2.24, 2.45) is 17.6 Å². The third kappa shape index (κ3) is 3.57. The van der Waals surface area contributed by atoms with Crippen LogP contribution in [0.5, 0.6) is 0 Å². The third-order valence-corrected chi connectivity index (χ3v) is 4.48. The monoisotopic (exact) mass is 264 g/mol. The van der Waals surface area contributed by atoms with E-state index < -0.39 is 0 Å². The number of rotatable bonds is 5. The van der Waals surface area contributed by atoms with Crippen molar-refractivity contribution in [1.29, 1.82) is 0 Å². The number of aromatic nitrogens is 2. The van der Waals surface area contributed by atoms with Crippen LogP contribution in [0, 0.1) is 11.8 Å². The van der Waals surface area contributed by atoms with E-state index in [4.69, 9.17) is 5.73 Å². The first-order chi connectivity index (χ1) is 9.11. The van der Waals surface area contributed by atoms with Gasteiger partial charge in [-0.2, -0.15) is 0 Å². The average molecular weight is 264 g/mol. The van der Waals surface area contributed by atoms with Crippen molar-refractivity contribution in [3.8, 4) is 0 Å². The van der Waals surface area contributed by atoms with Crippen LogP contribution >= 0.6 is 0 Å². The fraction of sp³-hybridized carbons (Fsp3) is 0.800. The molecule has 1 atom stereocenters. The van der Waals surface area contributed by atoms with E-state index >= 15 is 0 Å². The summed E-state index contributed by atoms with van der Waals surface area (Å²) >= 11 is 0. The summed E-state index contributed by atoms with van der Waals surface area (Å²) in [5, 5.41) is 0. The minimum Gasteiger partial charge on any atom is -0.334 e. The van der Waals surface area contributed by atoms with Gasteiger partial charge in [-0.05, 0) is 44.8 Å². The molecule has 0 bridgehead atoms. The smallest absolute Gasteiger partial charge is 0.0948 e. The van der Waals surface area contributed by atoms with Crippen LogP contribution in [0.15, 0.2) is 12.5 Å². The molecule has 4 nitrogen and oxygen atoms in total. The molecule has 1 aliphatic rings. The van der Waals surface area contributed by atoms with Crippen molar-refractivity contribution in [3.05, 3.63) is 18.2 Å². The minimum atomic E-state index is 0.425. The maximum absolute atomic E-state index is 5.94. The lowest BCUT2D eigenvalue weighted by Gasteiger charge is -2.30. The van der Waals surface area contributed by atoms with Crippen molar-refractivity contribution in [2.45, 2.75) is 39.2 Å². The zero-order chi connectivity index (χ0) is 13.8. The Balaban J connectivity index is 2.03. The number of hydrogen-bond acceptors (Lipinski definition) is 3. The Bertz CT molecular complexity index is 377. The zero-order valence-corrected chi connectivity index (χ0v) is 12.5. The normalized spacial score (nSPS) is 20.1. The van der Waals surface area contributed by atoms with Crippen molar-refractivity contribution >= 4 is 0 Å². The summed E-state index contributed by atoms with van der Waals surface area (Å²) < 4.78 is 2.34. The Kier molecular flexibility index (Phi) is 4.99. The average Bonchev–Trinajstić information content (AvgIpc) is 2.81. The molecule has 0 amide bonds. The summed E-state index contributed by atoms with van der Waals surface area (Å²) in [4.78, 5) is 6.77. The van der Waals surface area contributed by atoms with E-state index in [2.05, 4.69) is 35.3 Å². The van der Waals surface area contributed by atoms with Crippen LogP contribution in [0.25, 0.3) is 0 Å². The van der Waals surface area contributed by atoms with Crippen molar-refractivity contribution < 1.29 is 0 Å². The second-order valence-electron chi connectivity index (χ2n) is 6.30. The molecule has 19 heavy (non-hydrogen) atoms. The van der Waals surface area contributed by atoms with Crippen LogP contribution < -0.4 is 5.73 Å². The predicted molar refractivity (Wildman–Crippen MR) is 79.1 cm³/mol. The molecular formula is C15H28N4. The van der Waals surface area contributed by atoms with Gasteiger partial charge in [0.25, 0.3) is 0 Å². The molecule has 0 spiro atoms. The summed E-state index contributed by atoms with van der Waals surface area (Å²) in [5.74, 6) is 1.78. The largest absolute Gasteiger partial charge is 0.334 e. The van der Waals surface area contributed by atoms with E-state index in [9.17, 15) is 0 Å². The quantitative estimate of drug-likeness (QED) is 0.884. The Labute approximate surface area is 117 Å². The Hall–Kier alpha value is -0.870. The lowest BCUT2D eigenvalue weighted by atomic mass is 9.92. The first-order valence-corrected chi connectivity index (χ1v) is 7.50. The van der Waals surface area contributed by atoms with Crippen LogP contribution in [-0.4, -0.2) is 41.1 Å². The van der Waals surface area contributed by atoms with Crippen molar-refractivity contribution in [2.75, 3.05) is 26.7 Å². The van der Waals surface area contributed by atoms with Gasteiger partial charge in [0.2, 0.25) is 0 Å². The lowest BCUT2D eigenvalue weighted by Crippen LogP contribution is -2.32. The molecule has 1 aromatic heterocycles. The van der Waals surface area contributed by atoms with E-state index in [1.165, 1.54) is 31.6 Å². The van der Waals surface area contributed by atoms with Gasteiger partial charge in [-0.25, -0.2) is 4.98 Å². The van der Waals surface area contributed by atoms with Gasteiger partial charge in [-0.1, -0.05) is 13.8 Å². The molecule has 0 aliphatic carbocycles. The number of piperidine rings is 1.